The fourth-order valence-corrected chi connectivity index (χ4v) is 2.29. The second-order valence-corrected chi connectivity index (χ2v) is 4.66. The van der Waals surface area contributed by atoms with Gasteiger partial charge in [-0.2, -0.15) is 0 Å². The number of hydrogen-bond donors (Lipinski definition) is 2. The normalized spacial score (nSPS) is 30.9. The number of aromatic nitrogens is 2. The number of halogens is 1. The van der Waals surface area contributed by atoms with Crippen LogP contribution in [0.5, 0.6) is 0 Å². The van der Waals surface area contributed by atoms with Crippen molar-refractivity contribution in [1.82, 2.24) is 15.3 Å². The van der Waals surface area contributed by atoms with Gasteiger partial charge in [-0.15, -0.1) is 0 Å². The third-order valence-corrected chi connectivity index (χ3v) is 3.23. The minimum atomic E-state index is -0.0930. The van der Waals surface area contributed by atoms with Gasteiger partial charge in [0.15, 0.2) is 5.82 Å². The van der Waals surface area contributed by atoms with Crippen molar-refractivity contribution < 1.29 is 4.79 Å². The van der Waals surface area contributed by atoms with Crippen LogP contribution < -0.4 is 10.6 Å². The molecule has 1 aliphatic heterocycles. The molecule has 1 amide bonds. The molecule has 16 heavy (non-hydrogen) atoms. The monoisotopic (exact) mass is 238 g/mol. The highest BCUT2D eigenvalue weighted by atomic mass is 35.5. The van der Waals surface area contributed by atoms with Crippen molar-refractivity contribution in [1.29, 1.82) is 0 Å². The Kier molecular flexibility index (Phi) is 2.29. The van der Waals surface area contributed by atoms with Crippen molar-refractivity contribution in [3.63, 3.8) is 0 Å². The summed E-state index contributed by atoms with van der Waals surface area (Å²) >= 11 is 5.68. The van der Waals surface area contributed by atoms with E-state index < -0.39 is 0 Å². The van der Waals surface area contributed by atoms with Gasteiger partial charge >= 0.3 is 0 Å². The van der Waals surface area contributed by atoms with Gasteiger partial charge in [0.2, 0.25) is 5.91 Å². The number of fused-ring (bicyclic) bond motifs is 1. The average molecular weight is 239 g/mol. The Balaban J connectivity index is 1.64. The predicted molar refractivity (Wildman–Crippen MR) is 59.1 cm³/mol. The van der Waals surface area contributed by atoms with Gasteiger partial charge in [0.05, 0.1) is 18.4 Å². The fraction of sp³-hybridized carbons (Fsp3) is 0.500. The molecule has 2 heterocycles. The Bertz CT molecular complexity index is 429. The lowest BCUT2D eigenvalue weighted by Crippen LogP contribution is -2.38. The van der Waals surface area contributed by atoms with Gasteiger partial charge in [0.25, 0.3) is 0 Å². The second kappa shape index (κ2) is 3.68. The van der Waals surface area contributed by atoms with Crippen LogP contribution in [0.15, 0.2) is 12.4 Å². The maximum Gasteiger partial charge on any atom is 0.242 e. The van der Waals surface area contributed by atoms with E-state index in [1.807, 2.05) is 0 Å². The lowest BCUT2D eigenvalue weighted by atomic mass is 10.2. The molecule has 3 rings (SSSR count). The molecule has 0 spiro atoms. The summed E-state index contributed by atoms with van der Waals surface area (Å²) in [5.74, 6) is 1.05. The molecule has 0 bridgehead atoms. The number of hydrogen-bond acceptors (Lipinski definition) is 4. The minimum absolute atomic E-state index is 0.0521. The molecule has 3 atom stereocenters. The van der Waals surface area contributed by atoms with Crippen LogP contribution in [0.1, 0.15) is 12.8 Å². The molecule has 6 heteroatoms. The summed E-state index contributed by atoms with van der Waals surface area (Å²) in [7, 11) is 0. The van der Waals surface area contributed by atoms with Crippen molar-refractivity contribution in [2.45, 2.75) is 24.9 Å². The molecule has 2 fully saturated rings. The van der Waals surface area contributed by atoms with Gasteiger partial charge in [-0.05, 0) is 18.8 Å². The van der Waals surface area contributed by atoms with E-state index in [4.69, 9.17) is 11.6 Å². The van der Waals surface area contributed by atoms with Crippen LogP contribution >= 0.6 is 11.6 Å². The fourth-order valence-electron chi connectivity index (χ4n) is 2.14. The van der Waals surface area contributed by atoms with Gasteiger partial charge in [-0.3, -0.25) is 9.78 Å². The number of anilines is 1. The zero-order chi connectivity index (χ0) is 11.1. The Morgan fingerprint density at radius 3 is 3.06 bits per heavy atom. The van der Waals surface area contributed by atoms with Gasteiger partial charge in [0.1, 0.15) is 5.15 Å². The Hall–Kier alpha value is -1.20. The highest BCUT2D eigenvalue weighted by Gasteiger charge is 2.47. The van der Waals surface area contributed by atoms with Crippen LogP contribution in [0.4, 0.5) is 5.82 Å². The Morgan fingerprint density at radius 1 is 1.50 bits per heavy atom. The summed E-state index contributed by atoms with van der Waals surface area (Å²) in [6.07, 6.45) is 5.05. The summed E-state index contributed by atoms with van der Waals surface area (Å²) in [5.41, 5.74) is 0. The predicted octanol–water partition coefficient (Wildman–Crippen LogP) is 0.819. The second-order valence-electron chi connectivity index (χ2n) is 4.27. The first-order valence-corrected chi connectivity index (χ1v) is 5.64. The van der Waals surface area contributed by atoms with Crippen LogP contribution in [-0.4, -0.2) is 28.0 Å². The molecule has 3 unspecified atom stereocenters. The maximum absolute atomic E-state index is 11.8. The van der Waals surface area contributed by atoms with Gasteiger partial charge in [-0.25, -0.2) is 4.98 Å². The van der Waals surface area contributed by atoms with Crippen LogP contribution in [0.3, 0.4) is 0 Å². The molecule has 84 valence electrons. The van der Waals surface area contributed by atoms with E-state index in [2.05, 4.69) is 20.6 Å². The van der Waals surface area contributed by atoms with E-state index in [0.29, 0.717) is 17.8 Å². The lowest BCUT2D eigenvalue weighted by Gasteiger charge is -2.12. The number of carbonyl (C=O) groups excluding carboxylic acids is 1. The topological polar surface area (TPSA) is 66.9 Å². The summed E-state index contributed by atoms with van der Waals surface area (Å²) in [6, 6.07) is 0.464. The van der Waals surface area contributed by atoms with Crippen LogP contribution in [0.2, 0.25) is 5.15 Å². The summed E-state index contributed by atoms with van der Waals surface area (Å²) < 4.78 is 0. The zero-order valence-electron chi connectivity index (χ0n) is 8.48. The van der Waals surface area contributed by atoms with Crippen molar-refractivity contribution in [3.8, 4) is 0 Å². The summed E-state index contributed by atoms with van der Waals surface area (Å²) in [6.45, 7) is 0. The van der Waals surface area contributed by atoms with E-state index >= 15 is 0 Å². The summed E-state index contributed by atoms with van der Waals surface area (Å²) in [4.78, 5) is 19.6. The molecule has 2 N–H and O–H groups in total. The molecule has 1 aliphatic carbocycles. The highest BCUT2D eigenvalue weighted by Crippen LogP contribution is 2.40. The van der Waals surface area contributed by atoms with Crippen LogP contribution in [0, 0.1) is 5.92 Å². The number of carbonyl (C=O) groups is 1. The Labute approximate surface area is 97.6 Å². The van der Waals surface area contributed by atoms with Crippen LogP contribution in [0.25, 0.3) is 0 Å². The van der Waals surface area contributed by atoms with Crippen LogP contribution in [-0.2, 0) is 4.79 Å². The van der Waals surface area contributed by atoms with Crippen molar-refractivity contribution in [3.05, 3.63) is 17.5 Å². The lowest BCUT2D eigenvalue weighted by molar-refractivity contribution is -0.118. The number of nitrogens with one attached hydrogen (secondary N) is 2. The standard InChI is InChI=1S/C10H11ClN4O/c11-8-3-12-4-9(14-8)15-10(16)7-2-5-1-6(5)13-7/h3-7,13H,1-2H2,(H,14,15,16). The van der Waals surface area contributed by atoms with Crippen molar-refractivity contribution >= 4 is 23.3 Å². The zero-order valence-corrected chi connectivity index (χ0v) is 9.24. The molecular weight excluding hydrogens is 228 g/mol. The molecule has 1 saturated heterocycles. The first-order valence-electron chi connectivity index (χ1n) is 5.27. The van der Waals surface area contributed by atoms with E-state index in [-0.39, 0.29) is 17.1 Å². The molecule has 1 aromatic rings. The molecule has 0 radical (unpaired) electrons. The summed E-state index contributed by atoms with van der Waals surface area (Å²) in [5, 5.41) is 6.25. The van der Waals surface area contributed by atoms with Gasteiger partial charge in [-0.1, -0.05) is 11.6 Å². The molecule has 1 saturated carbocycles. The SMILES string of the molecule is O=C(Nc1cncc(Cl)n1)C1CC2CC2N1. The molecule has 5 nitrogen and oxygen atoms in total. The van der Waals surface area contributed by atoms with E-state index in [0.717, 1.165) is 6.42 Å². The van der Waals surface area contributed by atoms with E-state index in [9.17, 15) is 4.79 Å². The van der Waals surface area contributed by atoms with Gasteiger partial charge in [0, 0.05) is 6.04 Å². The smallest absolute Gasteiger partial charge is 0.242 e. The largest absolute Gasteiger partial charge is 0.308 e. The third kappa shape index (κ3) is 1.88. The molecule has 2 aliphatic rings. The van der Waals surface area contributed by atoms with Gasteiger partial charge < -0.3 is 10.6 Å². The maximum atomic E-state index is 11.8. The first-order chi connectivity index (χ1) is 7.72. The average Bonchev–Trinajstić information content (AvgIpc) is 2.86. The first kappa shape index (κ1) is 9.99. The number of amides is 1. The van der Waals surface area contributed by atoms with Crippen molar-refractivity contribution in [2.75, 3.05) is 5.32 Å². The van der Waals surface area contributed by atoms with Crippen molar-refractivity contribution in [2.24, 2.45) is 5.92 Å². The quantitative estimate of drug-likeness (QED) is 0.801. The Morgan fingerprint density at radius 2 is 2.38 bits per heavy atom. The highest BCUT2D eigenvalue weighted by molar-refractivity contribution is 6.29. The van der Waals surface area contributed by atoms with E-state index in [1.54, 1.807) is 0 Å². The van der Waals surface area contributed by atoms with E-state index in [1.165, 1.54) is 18.8 Å². The molecular formula is C10H11ClN4O. The molecule has 1 aromatic heterocycles. The third-order valence-electron chi connectivity index (χ3n) is 3.05. The number of piperidine rings is 1. The molecule has 0 aromatic carbocycles. The number of nitrogens with zero attached hydrogens (tertiary/aromatic N) is 2. The minimum Gasteiger partial charge on any atom is -0.308 e. The number of rotatable bonds is 2.